The predicted molar refractivity (Wildman–Crippen MR) is 54.2 cm³/mol. The molecule has 0 aromatic heterocycles. The lowest BCUT2D eigenvalue weighted by Crippen LogP contribution is -2.09. The highest BCUT2D eigenvalue weighted by Crippen LogP contribution is 2.45. The van der Waals surface area contributed by atoms with Crippen LogP contribution in [0.4, 0.5) is 0 Å². The minimum Gasteiger partial charge on any atom is -0.109 e. The Morgan fingerprint density at radius 1 is 1.33 bits per heavy atom. The summed E-state index contributed by atoms with van der Waals surface area (Å²) in [6, 6.07) is 0. The van der Waals surface area contributed by atoms with E-state index in [4.69, 9.17) is 0 Å². The maximum atomic E-state index is 2.63. The van der Waals surface area contributed by atoms with Crippen LogP contribution in [-0.2, 0) is 0 Å². The highest BCUT2D eigenvalue weighted by atomic mass is 127. The minimum absolute atomic E-state index is 0.352. The largest absolute Gasteiger partial charge is 0.109 e. The van der Waals surface area contributed by atoms with Gasteiger partial charge in [0.15, 0.2) is 0 Å². The van der Waals surface area contributed by atoms with Crippen molar-refractivity contribution in [1.29, 1.82) is 0 Å². The number of hydrogen-bond donors (Lipinski definition) is 0. The van der Waals surface area contributed by atoms with Crippen molar-refractivity contribution in [3.05, 3.63) is 0 Å². The topological polar surface area (TPSA) is 0 Å². The van der Waals surface area contributed by atoms with Crippen LogP contribution in [-0.4, -0.2) is 22.9 Å². The predicted octanol–water partition coefficient (Wildman–Crippen LogP) is 3.08. The molecule has 0 radical (unpaired) electrons. The number of alkyl halides is 1. The summed E-state index contributed by atoms with van der Waals surface area (Å²) in [7, 11) is 0.352. The van der Waals surface area contributed by atoms with Crippen molar-refractivity contribution in [1.82, 2.24) is 0 Å². The molecule has 1 fully saturated rings. The zero-order valence-corrected chi connectivity index (χ0v) is 9.15. The molecule has 1 aliphatic carbocycles. The molecule has 0 amide bonds. The zero-order chi connectivity index (χ0) is 6.85. The second kappa shape index (κ2) is 3.52. The van der Waals surface area contributed by atoms with E-state index < -0.39 is 0 Å². The van der Waals surface area contributed by atoms with E-state index in [1.54, 1.807) is 0 Å². The Morgan fingerprint density at radius 2 is 2.00 bits per heavy atom. The molecule has 0 N–H and O–H groups in total. The first-order chi connectivity index (χ1) is 4.22. The van der Waals surface area contributed by atoms with Crippen molar-refractivity contribution in [2.24, 2.45) is 0 Å². The van der Waals surface area contributed by atoms with Crippen molar-refractivity contribution in [2.45, 2.75) is 28.8 Å². The van der Waals surface area contributed by atoms with E-state index >= 15 is 0 Å². The molecule has 2 unspecified atom stereocenters. The number of rotatable bonds is 1. The van der Waals surface area contributed by atoms with Crippen LogP contribution < -0.4 is 0 Å². The number of halogens is 1. The van der Waals surface area contributed by atoms with Gasteiger partial charge in [-0.15, -0.1) is 7.92 Å². The van der Waals surface area contributed by atoms with E-state index in [1.807, 2.05) is 0 Å². The Labute approximate surface area is 72.7 Å². The molecule has 1 saturated carbocycles. The van der Waals surface area contributed by atoms with Crippen LogP contribution in [0.1, 0.15) is 19.3 Å². The molecule has 1 rings (SSSR count). The third-order valence-electron chi connectivity index (χ3n) is 2.06. The van der Waals surface area contributed by atoms with E-state index in [2.05, 4.69) is 35.9 Å². The highest BCUT2D eigenvalue weighted by molar-refractivity contribution is 14.1. The maximum absolute atomic E-state index is 2.63. The lowest BCUT2D eigenvalue weighted by atomic mass is 10.4. The van der Waals surface area contributed by atoms with Gasteiger partial charge >= 0.3 is 0 Å². The van der Waals surface area contributed by atoms with Crippen molar-refractivity contribution in [3.8, 4) is 0 Å². The summed E-state index contributed by atoms with van der Waals surface area (Å²) in [5.74, 6) is 0. The van der Waals surface area contributed by atoms with Gasteiger partial charge in [-0.25, -0.2) is 0 Å². The van der Waals surface area contributed by atoms with Crippen LogP contribution in [0.5, 0.6) is 0 Å². The summed E-state index contributed by atoms with van der Waals surface area (Å²) in [5.41, 5.74) is 1.08. The quantitative estimate of drug-likeness (QED) is 0.384. The van der Waals surface area contributed by atoms with Crippen LogP contribution in [0.25, 0.3) is 0 Å². The SMILES string of the molecule is CP(C)C1CCCC1I. The van der Waals surface area contributed by atoms with Gasteiger partial charge in [0.05, 0.1) is 0 Å². The normalized spacial score (nSPS) is 36.0. The number of hydrogen-bond acceptors (Lipinski definition) is 0. The molecule has 1 aliphatic rings. The smallest absolute Gasteiger partial charge is 0.0177 e. The fraction of sp³-hybridized carbons (Fsp3) is 1.00. The molecule has 9 heavy (non-hydrogen) atoms. The van der Waals surface area contributed by atoms with Crippen LogP contribution >= 0.6 is 30.5 Å². The molecule has 0 aliphatic heterocycles. The molecule has 54 valence electrons. The van der Waals surface area contributed by atoms with Gasteiger partial charge in [0.25, 0.3) is 0 Å². The van der Waals surface area contributed by atoms with Crippen LogP contribution in [0.15, 0.2) is 0 Å². The van der Waals surface area contributed by atoms with Crippen molar-refractivity contribution < 1.29 is 0 Å². The monoisotopic (exact) mass is 256 g/mol. The third-order valence-corrected chi connectivity index (χ3v) is 6.07. The average Bonchev–Trinajstić information content (AvgIpc) is 2.13. The summed E-state index contributed by atoms with van der Waals surface area (Å²) in [4.78, 5) is 0. The Morgan fingerprint density at radius 3 is 2.22 bits per heavy atom. The Bertz CT molecular complexity index is 92.9. The Hall–Kier alpha value is 1.16. The van der Waals surface area contributed by atoms with Gasteiger partial charge in [-0.1, -0.05) is 29.0 Å². The molecule has 2 atom stereocenters. The third kappa shape index (κ3) is 2.04. The van der Waals surface area contributed by atoms with E-state index in [9.17, 15) is 0 Å². The molecule has 0 saturated heterocycles. The van der Waals surface area contributed by atoms with Crippen molar-refractivity contribution >= 4 is 30.5 Å². The lowest BCUT2D eigenvalue weighted by Gasteiger charge is -2.17. The van der Waals surface area contributed by atoms with Crippen molar-refractivity contribution in [2.75, 3.05) is 13.3 Å². The Kier molecular flexibility index (Phi) is 3.23. The van der Waals surface area contributed by atoms with Gasteiger partial charge in [0.2, 0.25) is 0 Å². The van der Waals surface area contributed by atoms with Crippen LogP contribution in [0.3, 0.4) is 0 Å². The first-order valence-electron chi connectivity index (χ1n) is 3.52. The molecule has 0 heterocycles. The van der Waals surface area contributed by atoms with E-state index in [0.717, 1.165) is 9.58 Å². The Balaban J connectivity index is 2.40. The summed E-state index contributed by atoms with van der Waals surface area (Å²) < 4.78 is 1.00. The van der Waals surface area contributed by atoms with Crippen molar-refractivity contribution in [3.63, 3.8) is 0 Å². The summed E-state index contributed by atoms with van der Waals surface area (Å²) in [5, 5.41) is 0. The van der Waals surface area contributed by atoms with Gasteiger partial charge in [-0.3, -0.25) is 0 Å². The maximum Gasteiger partial charge on any atom is 0.0177 e. The van der Waals surface area contributed by atoms with Crippen LogP contribution in [0.2, 0.25) is 0 Å². The minimum atomic E-state index is 0.352. The fourth-order valence-corrected chi connectivity index (χ4v) is 5.70. The molecular formula is C7H14IP. The molecule has 0 aromatic rings. The first kappa shape index (κ1) is 8.26. The fourth-order valence-electron chi connectivity index (χ4n) is 1.48. The van der Waals surface area contributed by atoms with Gasteiger partial charge in [-0.2, -0.15) is 0 Å². The van der Waals surface area contributed by atoms with Gasteiger partial charge in [0.1, 0.15) is 0 Å². The molecule has 0 nitrogen and oxygen atoms in total. The molecular weight excluding hydrogens is 242 g/mol. The summed E-state index contributed by atoms with van der Waals surface area (Å²) in [6.45, 7) is 4.83. The molecule has 0 spiro atoms. The van der Waals surface area contributed by atoms with E-state index in [-0.39, 0.29) is 0 Å². The highest BCUT2D eigenvalue weighted by Gasteiger charge is 2.26. The van der Waals surface area contributed by atoms with Gasteiger partial charge in [0, 0.05) is 3.92 Å². The second-order valence-corrected chi connectivity index (χ2v) is 7.17. The summed E-state index contributed by atoms with van der Waals surface area (Å²) in [6.07, 6.45) is 4.47. The lowest BCUT2D eigenvalue weighted by molar-refractivity contribution is 0.889. The van der Waals surface area contributed by atoms with Gasteiger partial charge in [-0.05, 0) is 31.8 Å². The molecule has 2 heteroatoms. The van der Waals surface area contributed by atoms with E-state index in [1.165, 1.54) is 19.3 Å². The summed E-state index contributed by atoms with van der Waals surface area (Å²) >= 11 is 2.63. The molecule has 0 bridgehead atoms. The first-order valence-corrected chi connectivity index (χ1v) is 7.07. The second-order valence-electron chi connectivity index (χ2n) is 2.98. The average molecular weight is 256 g/mol. The zero-order valence-electron chi connectivity index (χ0n) is 6.10. The van der Waals surface area contributed by atoms with Gasteiger partial charge < -0.3 is 0 Å². The van der Waals surface area contributed by atoms with Crippen LogP contribution in [0, 0.1) is 0 Å². The molecule has 0 aromatic carbocycles. The standard InChI is InChI=1S/C7H14IP/c1-9(2)7-5-3-4-6(7)8/h6-7H,3-5H2,1-2H3. The van der Waals surface area contributed by atoms with E-state index in [0.29, 0.717) is 7.92 Å².